The fourth-order valence-electron chi connectivity index (χ4n) is 2.03. The van der Waals surface area contributed by atoms with Crippen molar-refractivity contribution in [3.63, 3.8) is 0 Å². The molecule has 6 nitrogen and oxygen atoms in total. The molecule has 0 amide bonds. The predicted molar refractivity (Wildman–Crippen MR) is 77.5 cm³/mol. The largest absolute Gasteiger partial charge is 0.469 e. The lowest BCUT2D eigenvalue weighted by Crippen LogP contribution is -2.13. The molecule has 1 saturated carbocycles. The highest BCUT2D eigenvalue weighted by molar-refractivity contribution is 7.99. The van der Waals surface area contributed by atoms with E-state index in [4.69, 9.17) is 0 Å². The van der Waals surface area contributed by atoms with Crippen molar-refractivity contribution in [2.45, 2.75) is 24.2 Å². The molecule has 0 atom stereocenters. The number of thioether (sulfide) groups is 1. The molecular weight excluding hydrogens is 294 g/mol. The van der Waals surface area contributed by atoms with Crippen LogP contribution in [0.4, 0.5) is 5.69 Å². The van der Waals surface area contributed by atoms with E-state index in [0.717, 1.165) is 12.8 Å². The molecule has 1 aliphatic rings. The summed E-state index contributed by atoms with van der Waals surface area (Å²) in [5.41, 5.74) is 0.106. The molecule has 112 valence electrons. The van der Waals surface area contributed by atoms with Crippen LogP contribution in [0.25, 0.3) is 0 Å². The van der Waals surface area contributed by atoms with Gasteiger partial charge in [-0.3, -0.25) is 19.7 Å². The first kappa shape index (κ1) is 15.5. The van der Waals surface area contributed by atoms with Gasteiger partial charge in [0.15, 0.2) is 0 Å². The number of methoxy groups -OCH3 is 1. The molecule has 21 heavy (non-hydrogen) atoms. The fourth-order valence-corrected chi connectivity index (χ4v) is 3.33. The van der Waals surface area contributed by atoms with Gasteiger partial charge in [-0.05, 0) is 24.3 Å². The summed E-state index contributed by atoms with van der Waals surface area (Å²) < 4.78 is 4.68. The maximum Gasteiger partial charge on any atom is 0.306 e. The van der Waals surface area contributed by atoms with Gasteiger partial charge in [-0.25, -0.2) is 0 Å². The Bertz CT molecular complexity index is 583. The van der Waals surface area contributed by atoms with Gasteiger partial charge in [0.25, 0.3) is 5.69 Å². The van der Waals surface area contributed by atoms with Gasteiger partial charge in [0.1, 0.15) is 6.29 Å². The maximum atomic E-state index is 11.4. The van der Waals surface area contributed by atoms with Crippen molar-refractivity contribution in [2.24, 2.45) is 5.41 Å². The lowest BCUT2D eigenvalue weighted by molar-refractivity contribution is -0.387. The number of esters is 1. The number of ether oxygens (including phenoxy) is 1. The van der Waals surface area contributed by atoms with E-state index in [9.17, 15) is 19.7 Å². The zero-order valence-corrected chi connectivity index (χ0v) is 12.4. The molecule has 0 unspecified atom stereocenters. The predicted octanol–water partition coefficient (Wildman–Crippen LogP) is 2.84. The summed E-state index contributed by atoms with van der Waals surface area (Å²) in [5, 5.41) is 11.1. The number of nitro benzene ring substituents is 1. The molecule has 0 radical (unpaired) electrons. The van der Waals surface area contributed by atoms with Crippen LogP contribution < -0.4 is 0 Å². The molecule has 0 aromatic heterocycles. The van der Waals surface area contributed by atoms with E-state index in [0.29, 0.717) is 23.4 Å². The third-order valence-corrected chi connectivity index (χ3v) is 4.97. The standard InChI is InChI=1S/C14H15NO5S/c1-20-13(17)7-14(4-5-14)9-21-12-3-2-10(8-16)6-11(12)15(18)19/h2-3,6,8H,4-5,7,9H2,1H3. The highest BCUT2D eigenvalue weighted by atomic mass is 32.2. The first-order valence-electron chi connectivity index (χ1n) is 6.43. The minimum absolute atomic E-state index is 0.0709. The number of benzene rings is 1. The van der Waals surface area contributed by atoms with Gasteiger partial charge in [-0.2, -0.15) is 0 Å². The maximum absolute atomic E-state index is 11.4. The Hall–Kier alpha value is -1.89. The smallest absolute Gasteiger partial charge is 0.306 e. The fraction of sp³-hybridized carbons (Fsp3) is 0.429. The average molecular weight is 309 g/mol. The molecule has 0 aliphatic heterocycles. The van der Waals surface area contributed by atoms with Gasteiger partial charge in [-0.1, -0.05) is 6.07 Å². The number of nitrogens with zero attached hydrogens (tertiary/aromatic N) is 1. The molecule has 1 aromatic rings. The van der Waals surface area contributed by atoms with Crippen LogP contribution in [-0.2, 0) is 9.53 Å². The third-order valence-electron chi connectivity index (χ3n) is 3.55. The first-order valence-corrected chi connectivity index (χ1v) is 7.41. The van der Waals surface area contributed by atoms with Gasteiger partial charge in [-0.15, -0.1) is 11.8 Å². The number of hydrogen-bond donors (Lipinski definition) is 0. The van der Waals surface area contributed by atoms with E-state index in [1.807, 2.05) is 0 Å². The molecule has 7 heteroatoms. The van der Waals surface area contributed by atoms with Gasteiger partial charge < -0.3 is 4.74 Å². The summed E-state index contributed by atoms with van der Waals surface area (Å²) in [7, 11) is 1.36. The van der Waals surface area contributed by atoms with Crippen molar-refractivity contribution in [3.8, 4) is 0 Å². The molecule has 1 aliphatic carbocycles. The zero-order valence-electron chi connectivity index (χ0n) is 11.5. The van der Waals surface area contributed by atoms with Crippen molar-refractivity contribution in [1.82, 2.24) is 0 Å². The number of aldehydes is 1. The van der Waals surface area contributed by atoms with Gasteiger partial charge >= 0.3 is 5.97 Å². The number of hydrogen-bond acceptors (Lipinski definition) is 6. The summed E-state index contributed by atoms with van der Waals surface area (Å²) in [5.74, 6) is 0.377. The second kappa shape index (κ2) is 6.26. The van der Waals surface area contributed by atoms with Crippen LogP contribution >= 0.6 is 11.8 Å². The molecule has 0 heterocycles. The van der Waals surface area contributed by atoms with Crippen molar-refractivity contribution in [3.05, 3.63) is 33.9 Å². The Morgan fingerprint density at radius 3 is 2.76 bits per heavy atom. The normalized spacial score (nSPS) is 15.3. The zero-order chi connectivity index (χ0) is 15.5. The van der Waals surface area contributed by atoms with E-state index in [1.165, 1.54) is 24.9 Å². The van der Waals surface area contributed by atoms with E-state index in [2.05, 4.69) is 4.74 Å². The SMILES string of the molecule is COC(=O)CC1(CSc2ccc(C=O)cc2[N+](=O)[O-])CC1. The van der Waals surface area contributed by atoms with Gasteiger partial charge in [0.05, 0.1) is 23.3 Å². The quantitative estimate of drug-likeness (QED) is 0.253. The second-order valence-electron chi connectivity index (χ2n) is 5.14. The Morgan fingerprint density at radius 2 is 2.24 bits per heavy atom. The lowest BCUT2D eigenvalue weighted by Gasteiger charge is -2.13. The number of rotatable bonds is 7. The van der Waals surface area contributed by atoms with E-state index < -0.39 is 4.92 Å². The average Bonchev–Trinajstić information content (AvgIpc) is 3.24. The van der Waals surface area contributed by atoms with Crippen LogP contribution in [0.15, 0.2) is 23.1 Å². The molecule has 0 saturated heterocycles. The Labute approximate surface area is 126 Å². The van der Waals surface area contributed by atoms with Crippen molar-refractivity contribution in [2.75, 3.05) is 12.9 Å². The minimum Gasteiger partial charge on any atom is -0.469 e. The van der Waals surface area contributed by atoms with Crippen LogP contribution in [0.5, 0.6) is 0 Å². The Balaban J connectivity index is 2.08. The highest BCUT2D eigenvalue weighted by Crippen LogP contribution is 2.52. The molecular formula is C14H15NO5S. The lowest BCUT2D eigenvalue weighted by atomic mass is 10.1. The van der Waals surface area contributed by atoms with Crippen LogP contribution in [0.3, 0.4) is 0 Å². The summed E-state index contributed by atoms with van der Waals surface area (Å²) in [6.07, 6.45) is 2.78. The van der Waals surface area contributed by atoms with Crippen molar-refractivity contribution in [1.29, 1.82) is 0 Å². The molecule has 0 N–H and O–H groups in total. The summed E-state index contributed by atoms with van der Waals surface area (Å²) in [6, 6.07) is 4.41. The summed E-state index contributed by atoms with van der Waals surface area (Å²) in [4.78, 5) is 33.1. The van der Waals surface area contributed by atoms with Crippen LogP contribution in [0.1, 0.15) is 29.6 Å². The monoisotopic (exact) mass is 309 g/mol. The van der Waals surface area contributed by atoms with E-state index >= 15 is 0 Å². The van der Waals surface area contributed by atoms with Crippen molar-refractivity contribution < 1.29 is 19.2 Å². The molecule has 0 bridgehead atoms. The molecule has 0 spiro atoms. The highest BCUT2D eigenvalue weighted by Gasteiger charge is 2.44. The van der Waals surface area contributed by atoms with E-state index in [-0.39, 0.29) is 22.6 Å². The second-order valence-corrected chi connectivity index (χ2v) is 6.16. The minimum atomic E-state index is -0.491. The number of carbonyl (C=O) groups excluding carboxylic acids is 2. The Morgan fingerprint density at radius 1 is 1.52 bits per heavy atom. The molecule has 1 aromatic carbocycles. The van der Waals surface area contributed by atoms with Gasteiger partial charge in [0.2, 0.25) is 0 Å². The topological polar surface area (TPSA) is 86.5 Å². The summed E-state index contributed by atoms with van der Waals surface area (Å²) in [6.45, 7) is 0. The van der Waals surface area contributed by atoms with Gasteiger partial charge in [0, 0.05) is 17.4 Å². The Kier molecular flexibility index (Phi) is 4.62. The van der Waals surface area contributed by atoms with Crippen molar-refractivity contribution >= 4 is 29.7 Å². The van der Waals surface area contributed by atoms with E-state index in [1.54, 1.807) is 12.1 Å². The number of nitro groups is 1. The first-order chi connectivity index (χ1) is 9.99. The summed E-state index contributed by atoms with van der Waals surface area (Å²) >= 11 is 1.35. The molecule has 1 fully saturated rings. The number of carbonyl (C=O) groups is 2. The van der Waals surface area contributed by atoms with Crippen LogP contribution in [0.2, 0.25) is 0 Å². The molecule has 2 rings (SSSR count). The van der Waals surface area contributed by atoms with Crippen LogP contribution in [0, 0.1) is 15.5 Å². The van der Waals surface area contributed by atoms with Crippen LogP contribution in [-0.4, -0.2) is 30.0 Å². The third kappa shape index (κ3) is 3.81.